The van der Waals surface area contributed by atoms with Crippen LogP contribution in [0, 0.1) is 5.82 Å². The highest BCUT2D eigenvalue weighted by molar-refractivity contribution is 5.84. The minimum atomic E-state index is -0.154. The first-order valence-electron chi connectivity index (χ1n) is 8.94. The van der Waals surface area contributed by atoms with E-state index in [1.807, 2.05) is 18.2 Å². The van der Waals surface area contributed by atoms with Crippen LogP contribution in [0.25, 0.3) is 10.9 Å². The van der Waals surface area contributed by atoms with Crippen molar-refractivity contribution in [3.8, 4) is 0 Å². The molecule has 0 amide bonds. The Kier molecular flexibility index (Phi) is 4.81. The van der Waals surface area contributed by atoms with Crippen molar-refractivity contribution in [2.75, 3.05) is 13.2 Å². The summed E-state index contributed by atoms with van der Waals surface area (Å²) in [5.74, 6) is -0.154. The zero-order valence-corrected chi connectivity index (χ0v) is 14.2. The summed E-state index contributed by atoms with van der Waals surface area (Å²) in [4.78, 5) is 0. The average molecular weight is 338 g/mol. The van der Waals surface area contributed by atoms with E-state index in [4.69, 9.17) is 4.74 Å². The van der Waals surface area contributed by atoms with Crippen molar-refractivity contribution in [2.24, 2.45) is 0 Å². The molecule has 0 bridgehead atoms. The first-order valence-corrected chi connectivity index (χ1v) is 8.94. The van der Waals surface area contributed by atoms with Crippen LogP contribution in [0.1, 0.15) is 24.0 Å². The third-order valence-corrected chi connectivity index (χ3v) is 4.88. The number of ether oxygens (including phenoxy) is 1. The van der Waals surface area contributed by atoms with E-state index in [1.54, 1.807) is 6.07 Å². The van der Waals surface area contributed by atoms with Gasteiger partial charge in [0, 0.05) is 42.4 Å². The van der Waals surface area contributed by atoms with Gasteiger partial charge in [0.05, 0.1) is 12.6 Å². The molecule has 0 unspecified atom stereocenters. The van der Waals surface area contributed by atoms with Crippen LogP contribution >= 0.6 is 0 Å². The van der Waals surface area contributed by atoms with Crippen LogP contribution in [0.2, 0.25) is 0 Å². The van der Waals surface area contributed by atoms with Crippen molar-refractivity contribution in [3.63, 3.8) is 0 Å². The summed E-state index contributed by atoms with van der Waals surface area (Å²) < 4.78 is 21.8. The number of halogens is 1. The Labute approximate surface area is 147 Å². The number of nitrogens with one attached hydrogen (secondary N) is 1. The molecule has 3 aromatic rings. The molecule has 1 aliphatic heterocycles. The molecule has 2 heterocycles. The second-order valence-corrected chi connectivity index (χ2v) is 6.66. The topological polar surface area (TPSA) is 26.2 Å². The molecular weight excluding hydrogens is 315 g/mol. The largest absolute Gasteiger partial charge is 0.377 e. The summed E-state index contributed by atoms with van der Waals surface area (Å²) in [7, 11) is 0. The van der Waals surface area contributed by atoms with Gasteiger partial charge in [-0.2, -0.15) is 0 Å². The smallest absolute Gasteiger partial charge is 0.128 e. The summed E-state index contributed by atoms with van der Waals surface area (Å²) in [5.41, 5.74) is 3.09. The lowest BCUT2D eigenvalue weighted by molar-refractivity contribution is 0.110. The fourth-order valence-corrected chi connectivity index (χ4v) is 3.58. The predicted octanol–water partition coefficient (Wildman–Crippen LogP) is 4.10. The van der Waals surface area contributed by atoms with Crippen LogP contribution < -0.4 is 5.32 Å². The van der Waals surface area contributed by atoms with E-state index in [9.17, 15) is 4.39 Å². The van der Waals surface area contributed by atoms with Crippen LogP contribution in [-0.2, 0) is 17.8 Å². The first kappa shape index (κ1) is 16.3. The van der Waals surface area contributed by atoms with Gasteiger partial charge < -0.3 is 14.6 Å². The van der Waals surface area contributed by atoms with Crippen LogP contribution in [0.4, 0.5) is 4.39 Å². The molecule has 0 spiro atoms. The Morgan fingerprint density at radius 2 is 1.92 bits per heavy atom. The number of fused-ring (bicyclic) bond motifs is 1. The maximum Gasteiger partial charge on any atom is 0.128 e. The van der Waals surface area contributed by atoms with E-state index in [-0.39, 0.29) is 5.82 Å². The summed E-state index contributed by atoms with van der Waals surface area (Å²) in [6.07, 6.45) is 4.78. The fraction of sp³-hybridized carbons (Fsp3) is 0.333. The van der Waals surface area contributed by atoms with Crippen molar-refractivity contribution in [1.29, 1.82) is 0 Å². The Bertz CT molecular complexity index is 852. The molecule has 1 saturated heterocycles. The standard InChI is InChI=1S/C21H23FN2O/c22-20-9-3-1-6-16(20)14-24-15-17(19-8-2-4-10-21(19)24)12-23-13-18-7-5-11-25-18/h1-4,6,8-10,15,18,23H,5,7,11-14H2/t18-/m0/s1. The number of rotatable bonds is 6. The van der Waals surface area contributed by atoms with Crippen LogP contribution in [0.3, 0.4) is 0 Å². The van der Waals surface area contributed by atoms with Crippen molar-refractivity contribution in [1.82, 2.24) is 9.88 Å². The molecule has 4 heteroatoms. The lowest BCUT2D eigenvalue weighted by Crippen LogP contribution is -2.25. The maximum atomic E-state index is 14.0. The summed E-state index contributed by atoms with van der Waals surface area (Å²) in [5, 5.41) is 4.73. The van der Waals surface area contributed by atoms with Crippen LogP contribution in [-0.4, -0.2) is 23.8 Å². The van der Waals surface area contributed by atoms with Gasteiger partial charge in [0.15, 0.2) is 0 Å². The van der Waals surface area contributed by atoms with Gasteiger partial charge >= 0.3 is 0 Å². The molecular formula is C21H23FN2O. The third kappa shape index (κ3) is 3.60. The van der Waals surface area contributed by atoms with E-state index >= 15 is 0 Å². The van der Waals surface area contributed by atoms with Gasteiger partial charge in [-0.3, -0.25) is 0 Å². The Morgan fingerprint density at radius 3 is 2.76 bits per heavy atom. The highest BCUT2D eigenvalue weighted by atomic mass is 19.1. The Morgan fingerprint density at radius 1 is 1.08 bits per heavy atom. The summed E-state index contributed by atoms with van der Waals surface area (Å²) >= 11 is 0. The number of aromatic nitrogens is 1. The molecule has 0 saturated carbocycles. The highest BCUT2D eigenvalue weighted by Crippen LogP contribution is 2.23. The van der Waals surface area contributed by atoms with E-state index < -0.39 is 0 Å². The molecule has 1 N–H and O–H groups in total. The molecule has 0 radical (unpaired) electrons. The van der Waals surface area contributed by atoms with Crippen LogP contribution in [0.15, 0.2) is 54.7 Å². The molecule has 4 rings (SSSR count). The van der Waals surface area contributed by atoms with Gasteiger partial charge in [-0.15, -0.1) is 0 Å². The molecule has 0 aliphatic carbocycles. The lowest BCUT2D eigenvalue weighted by atomic mass is 10.1. The molecule has 1 aliphatic rings. The molecule has 3 nitrogen and oxygen atoms in total. The summed E-state index contributed by atoms with van der Waals surface area (Å²) in [6, 6.07) is 15.3. The van der Waals surface area contributed by atoms with Crippen molar-refractivity contribution >= 4 is 10.9 Å². The van der Waals surface area contributed by atoms with Gasteiger partial charge in [0.1, 0.15) is 5.82 Å². The Balaban J connectivity index is 1.54. The van der Waals surface area contributed by atoms with Crippen LogP contribution in [0.5, 0.6) is 0 Å². The number of hydrogen-bond acceptors (Lipinski definition) is 2. The monoisotopic (exact) mass is 338 g/mol. The number of hydrogen-bond donors (Lipinski definition) is 1. The number of benzene rings is 2. The van der Waals surface area contributed by atoms with Crippen molar-refractivity contribution in [2.45, 2.75) is 32.0 Å². The van der Waals surface area contributed by atoms with Crippen molar-refractivity contribution in [3.05, 3.63) is 71.7 Å². The minimum absolute atomic E-state index is 0.154. The lowest BCUT2D eigenvalue weighted by Gasteiger charge is -2.10. The fourth-order valence-electron chi connectivity index (χ4n) is 3.58. The third-order valence-electron chi connectivity index (χ3n) is 4.88. The number of para-hydroxylation sites is 1. The van der Waals surface area contributed by atoms with Gasteiger partial charge in [-0.1, -0.05) is 36.4 Å². The van der Waals surface area contributed by atoms with E-state index in [2.05, 4.69) is 34.3 Å². The van der Waals surface area contributed by atoms with E-state index in [0.29, 0.717) is 18.2 Å². The average Bonchev–Trinajstić information content (AvgIpc) is 3.26. The van der Waals surface area contributed by atoms with E-state index in [1.165, 1.54) is 17.0 Å². The first-order chi connectivity index (χ1) is 12.3. The minimum Gasteiger partial charge on any atom is -0.377 e. The second-order valence-electron chi connectivity index (χ2n) is 6.66. The summed E-state index contributed by atoms with van der Waals surface area (Å²) in [6.45, 7) is 3.10. The number of nitrogens with zero attached hydrogens (tertiary/aromatic N) is 1. The Hall–Kier alpha value is -2.17. The molecule has 25 heavy (non-hydrogen) atoms. The van der Waals surface area contributed by atoms with Gasteiger partial charge in [-0.05, 0) is 30.5 Å². The SMILES string of the molecule is Fc1ccccc1Cn1cc(CNC[C@@H]2CCCO2)c2ccccc21. The van der Waals surface area contributed by atoms with Gasteiger partial charge in [0.2, 0.25) is 0 Å². The molecule has 130 valence electrons. The molecule has 1 atom stereocenters. The zero-order chi connectivity index (χ0) is 17.1. The van der Waals surface area contributed by atoms with Gasteiger partial charge in [-0.25, -0.2) is 4.39 Å². The molecule has 1 fully saturated rings. The predicted molar refractivity (Wildman–Crippen MR) is 98.1 cm³/mol. The normalized spacial score (nSPS) is 17.4. The van der Waals surface area contributed by atoms with E-state index in [0.717, 1.165) is 38.1 Å². The van der Waals surface area contributed by atoms with Crippen molar-refractivity contribution < 1.29 is 9.13 Å². The molecule has 1 aromatic heterocycles. The zero-order valence-electron chi connectivity index (χ0n) is 14.2. The highest BCUT2D eigenvalue weighted by Gasteiger charge is 2.15. The quantitative estimate of drug-likeness (QED) is 0.732. The van der Waals surface area contributed by atoms with Gasteiger partial charge in [0.25, 0.3) is 0 Å². The second kappa shape index (κ2) is 7.38. The maximum absolute atomic E-state index is 14.0. The molecule has 2 aromatic carbocycles.